The number of aromatic hydroxyl groups is 1. The first kappa shape index (κ1) is 14.1. The summed E-state index contributed by atoms with van der Waals surface area (Å²) in [7, 11) is 0. The zero-order chi connectivity index (χ0) is 12.9. The van der Waals surface area contributed by atoms with Crippen LogP contribution in [0.4, 0.5) is 5.69 Å². The van der Waals surface area contributed by atoms with E-state index in [1.54, 1.807) is 18.2 Å². The van der Waals surface area contributed by atoms with Gasteiger partial charge < -0.3 is 15.5 Å². The number of hydrogen-bond donors (Lipinski definition) is 3. The van der Waals surface area contributed by atoms with Crippen molar-refractivity contribution in [2.45, 2.75) is 26.7 Å². The Labute approximate surface area is 107 Å². The molecule has 0 saturated heterocycles. The second-order valence-electron chi connectivity index (χ2n) is 4.38. The lowest BCUT2D eigenvalue weighted by Gasteiger charge is -2.30. The zero-order valence-corrected chi connectivity index (χ0v) is 11.1. The molecule has 17 heavy (non-hydrogen) atoms. The molecule has 0 unspecified atom stereocenters. The Bertz CT molecular complexity index is 356. The van der Waals surface area contributed by atoms with Crippen LogP contribution in [0.2, 0.25) is 5.02 Å². The third-order valence-corrected chi connectivity index (χ3v) is 3.75. The summed E-state index contributed by atoms with van der Waals surface area (Å²) in [5.41, 5.74) is 0.761. The number of nitrogens with one attached hydrogen (secondary N) is 1. The number of hydrogen-bond acceptors (Lipinski definition) is 3. The van der Waals surface area contributed by atoms with E-state index in [0.29, 0.717) is 11.6 Å². The second-order valence-corrected chi connectivity index (χ2v) is 4.79. The Balaban J connectivity index is 2.68. The van der Waals surface area contributed by atoms with Crippen molar-refractivity contribution in [3.8, 4) is 5.75 Å². The fraction of sp³-hybridized carbons (Fsp3) is 0.538. The van der Waals surface area contributed by atoms with Gasteiger partial charge in [0.2, 0.25) is 0 Å². The van der Waals surface area contributed by atoms with Gasteiger partial charge >= 0.3 is 0 Å². The topological polar surface area (TPSA) is 52.5 Å². The van der Waals surface area contributed by atoms with E-state index in [0.717, 1.165) is 18.5 Å². The summed E-state index contributed by atoms with van der Waals surface area (Å²) in [6, 6.07) is 5.02. The highest BCUT2D eigenvalue weighted by molar-refractivity contribution is 6.32. The van der Waals surface area contributed by atoms with Crippen LogP contribution in [-0.4, -0.2) is 23.4 Å². The van der Waals surface area contributed by atoms with Crippen LogP contribution in [0.3, 0.4) is 0 Å². The van der Waals surface area contributed by atoms with Crippen molar-refractivity contribution >= 4 is 17.3 Å². The maximum absolute atomic E-state index is 9.45. The first-order valence-electron chi connectivity index (χ1n) is 5.90. The fourth-order valence-corrected chi connectivity index (χ4v) is 1.87. The average molecular weight is 258 g/mol. The molecule has 1 aromatic carbocycles. The molecule has 0 spiro atoms. The van der Waals surface area contributed by atoms with Crippen LogP contribution in [-0.2, 0) is 0 Å². The van der Waals surface area contributed by atoms with E-state index in [2.05, 4.69) is 19.2 Å². The molecule has 0 amide bonds. The van der Waals surface area contributed by atoms with Crippen LogP contribution < -0.4 is 5.32 Å². The number of benzene rings is 1. The molecule has 0 radical (unpaired) electrons. The third kappa shape index (κ3) is 3.51. The second kappa shape index (κ2) is 6.12. The molecular weight excluding hydrogens is 238 g/mol. The minimum absolute atomic E-state index is 0.0802. The maximum Gasteiger partial charge on any atom is 0.134 e. The average Bonchev–Trinajstić information content (AvgIpc) is 2.36. The summed E-state index contributed by atoms with van der Waals surface area (Å²) in [5, 5.41) is 22.3. The van der Waals surface area contributed by atoms with Crippen molar-refractivity contribution in [3.05, 3.63) is 23.2 Å². The molecule has 4 heteroatoms. The molecule has 0 fully saturated rings. The molecule has 1 rings (SSSR count). The summed E-state index contributed by atoms with van der Waals surface area (Å²) in [5.74, 6) is 0.0802. The number of phenolic OH excluding ortho intramolecular Hbond substituents is 1. The van der Waals surface area contributed by atoms with E-state index in [1.807, 2.05) is 0 Å². The van der Waals surface area contributed by atoms with E-state index in [4.69, 9.17) is 11.6 Å². The largest absolute Gasteiger partial charge is 0.506 e. The van der Waals surface area contributed by atoms with Crippen molar-refractivity contribution in [2.75, 3.05) is 18.5 Å². The van der Waals surface area contributed by atoms with E-state index < -0.39 is 0 Å². The Hall–Kier alpha value is -0.930. The zero-order valence-electron chi connectivity index (χ0n) is 10.3. The normalized spacial score (nSPS) is 11.5. The molecule has 0 atom stereocenters. The summed E-state index contributed by atoms with van der Waals surface area (Å²) in [6.45, 7) is 5.01. The quantitative estimate of drug-likeness (QED) is 0.686. The lowest BCUT2D eigenvalue weighted by Crippen LogP contribution is -2.32. The van der Waals surface area contributed by atoms with Crippen LogP contribution >= 0.6 is 11.6 Å². The first-order chi connectivity index (χ1) is 8.06. The number of rotatable bonds is 6. The van der Waals surface area contributed by atoms with Crippen LogP contribution in [0.5, 0.6) is 5.75 Å². The lowest BCUT2D eigenvalue weighted by molar-refractivity contribution is 0.127. The molecule has 0 aliphatic heterocycles. The molecule has 0 aromatic heterocycles. The molecule has 0 aliphatic rings. The monoisotopic (exact) mass is 257 g/mol. The summed E-state index contributed by atoms with van der Waals surface area (Å²) in [4.78, 5) is 0. The summed E-state index contributed by atoms with van der Waals surface area (Å²) in [6.07, 6.45) is 1.83. The van der Waals surface area contributed by atoms with Crippen LogP contribution in [0.25, 0.3) is 0 Å². The van der Waals surface area contributed by atoms with Gasteiger partial charge in [-0.2, -0.15) is 0 Å². The smallest absolute Gasteiger partial charge is 0.134 e. The van der Waals surface area contributed by atoms with Gasteiger partial charge in [0.25, 0.3) is 0 Å². The molecular formula is C13H20ClNO2. The van der Waals surface area contributed by atoms with Crippen LogP contribution in [0.15, 0.2) is 18.2 Å². The number of aliphatic hydroxyl groups is 1. The predicted molar refractivity (Wildman–Crippen MR) is 71.7 cm³/mol. The third-order valence-electron chi connectivity index (χ3n) is 3.45. The highest BCUT2D eigenvalue weighted by Crippen LogP contribution is 2.29. The SMILES string of the molecule is CCC(CC)(CO)CNc1ccc(O)c(Cl)c1. The Morgan fingerprint density at radius 1 is 1.29 bits per heavy atom. The van der Waals surface area contributed by atoms with Gasteiger partial charge in [-0.1, -0.05) is 25.4 Å². The van der Waals surface area contributed by atoms with Gasteiger partial charge in [-0.25, -0.2) is 0 Å². The van der Waals surface area contributed by atoms with Gasteiger partial charge in [0.15, 0.2) is 0 Å². The Kier molecular flexibility index (Phi) is 5.09. The lowest BCUT2D eigenvalue weighted by atomic mass is 9.83. The number of phenols is 1. The summed E-state index contributed by atoms with van der Waals surface area (Å²) < 4.78 is 0. The minimum atomic E-state index is -0.0929. The van der Waals surface area contributed by atoms with Gasteiger partial charge in [0.05, 0.1) is 11.6 Å². The number of anilines is 1. The Morgan fingerprint density at radius 2 is 1.94 bits per heavy atom. The molecule has 0 saturated carbocycles. The first-order valence-corrected chi connectivity index (χ1v) is 6.28. The molecule has 96 valence electrons. The predicted octanol–water partition coefficient (Wildman–Crippen LogP) is 3.26. The van der Waals surface area contributed by atoms with Gasteiger partial charge in [-0.3, -0.25) is 0 Å². The molecule has 1 aromatic rings. The van der Waals surface area contributed by atoms with Crippen molar-refractivity contribution < 1.29 is 10.2 Å². The van der Waals surface area contributed by atoms with Gasteiger partial charge in [-0.05, 0) is 31.0 Å². The van der Waals surface area contributed by atoms with Crippen LogP contribution in [0, 0.1) is 5.41 Å². The maximum atomic E-state index is 9.45. The van der Waals surface area contributed by atoms with Crippen molar-refractivity contribution in [3.63, 3.8) is 0 Å². The molecule has 0 bridgehead atoms. The van der Waals surface area contributed by atoms with E-state index in [9.17, 15) is 10.2 Å². The fourth-order valence-electron chi connectivity index (χ4n) is 1.69. The molecule has 0 heterocycles. The highest BCUT2D eigenvalue weighted by Gasteiger charge is 2.24. The van der Waals surface area contributed by atoms with Gasteiger partial charge in [-0.15, -0.1) is 0 Å². The van der Waals surface area contributed by atoms with Crippen molar-refractivity contribution in [1.29, 1.82) is 0 Å². The van der Waals surface area contributed by atoms with Crippen molar-refractivity contribution in [1.82, 2.24) is 0 Å². The molecule has 3 nitrogen and oxygen atoms in total. The minimum Gasteiger partial charge on any atom is -0.506 e. The highest BCUT2D eigenvalue weighted by atomic mass is 35.5. The van der Waals surface area contributed by atoms with Crippen LogP contribution in [0.1, 0.15) is 26.7 Å². The Morgan fingerprint density at radius 3 is 2.41 bits per heavy atom. The van der Waals surface area contributed by atoms with Gasteiger partial charge in [0.1, 0.15) is 5.75 Å². The number of halogens is 1. The number of aliphatic hydroxyl groups excluding tert-OH is 1. The standard InChI is InChI=1S/C13H20ClNO2/c1-3-13(4-2,9-16)8-15-10-5-6-12(17)11(14)7-10/h5-7,15-17H,3-4,8-9H2,1-2H3. The molecule has 3 N–H and O–H groups in total. The van der Waals surface area contributed by atoms with E-state index >= 15 is 0 Å². The van der Waals surface area contributed by atoms with E-state index in [-0.39, 0.29) is 17.8 Å². The summed E-state index contributed by atoms with van der Waals surface area (Å²) >= 11 is 5.83. The molecule has 0 aliphatic carbocycles. The van der Waals surface area contributed by atoms with E-state index in [1.165, 1.54) is 0 Å². The van der Waals surface area contributed by atoms with Gasteiger partial charge in [0, 0.05) is 17.6 Å². The van der Waals surface area contributed by atoms with Crippen molar-refractivity contribution in [2.24, 2.45) is 5.41 Å².